The van der Waals surface area contributed by atoms with Crippen molar-refractivity contribution in [3.8, 4) is 0 Å². The maximum absolute atomic E-state index is 12.1. The fourth-order valence-corrected chi connectivity index (χ4v) is 4.29. The molecule has 8 heteroatoms. The van der Waals surface area contributed by atoms with Crippen molar-refractivity contribution in [3.05, 3.63) is 22.7 Å². The Morgan fingerprint density at radius 1 is 1.42 bits per heavy atom. The number of likely N-dealkylation sites (tertiary alicyclic amines) is 1. The first-order chi connectivity index (χ1) is 8.85. The molecule has 0 aromatic heterocycles. The molecule has 2 aliphatic rings. The predicted molar refractivity (Wildman–Crippen MR) is 66.0 cm³/mol. The zero-order chi connectivity index (χ0) is 14.0. The monoisotopic (exact) mass is 297 g/mol. The number of allylic oxidation sites excluding steroid dienone is 1. The summed E-state index contributed by atoms with van der Waals surface area (Å²) in [6.45, 7) is 0.881. The summed E-state index contributed by atoms with van der Waals surface area (Å²) in [4.78, 5) is 12.1. The van der Waals surface area contributed by atoms with Crippen molar-refractivity contribution in [1.29, 1.82) is 0 Å². The number of carbonyl (C=O) groups is 1. The van der Waals surface area contributed by atoms with E-state index in [0.29, 0.717) is 25.9 Å². The average Bonchev–Trinajstić information content (AvgIpc) is 2.75. The van der Waals surface area contributed by atoms with Crippen LogP contribution >= 0.6 is 10.9 Å². The molecule has 0 saturated carbocycles. The van der Waals surface area contributed by atoms with Crippen LogP contribution in [-0.4, -0.2) is 40.8 Å². The largest absolute Gasteiger partial charge is 0.573 e. The molecule has 19 heavy (non-hydrogen) atoms. The van der Waals surface area contributed by atoms with Crippen molar-refractivity contribution in [3.63, 3.8) is 0 Å². The van der Waals surface area contributed by atoms with E-state index in [0.717, 1.165) is 0 Å². The predicted octanol–water partition coefficient (Wildman–Crippen LogP) is 3.04. The molecular formula is C11H14F3NO3S. The van der Waals surface area contributed by atoms with Crippen LogP contribution < -0.4 is 0 Å². The van der Waals surface area contributed by atoms with E-state index in [1.54, 1.807) is 5.41 Å². The van der Waals surface area contributed by atoms with Gasteiger partial charge in [-0.25, -0.2) is 15.7 Å². The lowest BCUT2D eigenvalue weighted by Crippen LogP contribution is -2.38. The Hall–Kier alpha value is -1.31. The van der Waals surface area contributed by atoms with Gasteiger partial charge in [0.2, 0.25) is 0 Å². The first-order valence-corrected chi connectivity index (χ1v) is 7.31. The van der Waals surface area contributed by atoms with Gasteiger partial charge >= 0.3 is 12.5 Å². The number of amides is 1. The van der Waals surface area contributed by atoms with Crippen LogP contribution in [0.1, 0.15) is 12.8 Å². The van der Waals surface area contributed by atoms with E-state index >= 15 is 0 Å². The minimum absolute atomic E-state index is 0.153. The van der Waals surface area contributed by atoms with Gasteiger partial charge in [-0.05, 0) is 35.0 Å². The van der Waals surface area contributed by atoms with Crippen molar-refractivity contribution in [2.24, 2.45) is 0 Å². The molecule has 108 valence electrons. The SMILES string of the molecule is O=C(O)N1CCC([SH]2C=CC(OC(F)(F)F)=C2)CC1. The van der Waals surface area contributed by atoms with Crippen LogP contribution in [0.5, 0.6) is 0 Å². The maximum atomic E-state index is 12.1. The van der Waals surface area contributed by atoms with Crippen LogP contribution in [0.25, 0.3) is 0 Å². The number of thiol groups is 1. The third-order valence-corrected chi connectivity index (χ3v) is 5.48. The van der Waals surface area contributed by atoms with E-state index < -0.39 is 23.4 Å². The fraction of sp³-hybridized carbons (Fsp3) is 0.545. The third-order valence-electron chi connectivity index (χ3n) is 3.08. The average molecular weight is 297 g/mol. The highest BCUT2D eigenvalue weighted by Gasteiger charge is 2.33. The summed E-state index contributed by atoms with van der Waals surface area (Å²) in [6.07, 6.45) is -2.89. The molecule has 1 amide bonds. The van der Waals surface area contributed by atoms with Crippen LogP contribution in [0.4, 0.5) is 18.0 Å². The Bertz CT molecular complexity index is 414. The molecule has 1 unspecified atom stereocenters. The molecule has 1 atom stereocenters. The number of ether oxygens (including phenoxy) is 1. The van der Waals surface area contributed by atoms with Gasteiger partial charge in [0.05, 0.1) is 0 Å². The number of carboxylic acid groups (broad SMARTS) is 1. The van der Waals surface area contributed by atoms with Crippen molar-refractivity contribution in [2.75, 3.05) is 13.1 Å². The fourth-order valence-electron chi connectivity index (χ4n) is 2.17. The molecule has 2 aliphatic heterocycles. The number of alkyl halides is 3. The van der Waals surface area contributed by atoms with Crippen molar-refractivity contribution in [1.82, 2.24) is 4.90 Å². The van der Waals surface area contributed by atoms with Crippen LogP contribution in [0.2, 0.25) is 0 Å². The minimum Gasteiger partial charge on any atom is -0.465 e. The zero-order valence-corrected chi connectivity index (χ0v) is 10.8. The highest BCUT2D eigenvalue weighted by atomic mass is 32.2. The van der Waals surface area contributed by atoms with E-state index in [1.807, 2.05) is 0 Å². The minimum atomic E-state index is -4.66. The van der Waals surface area contributed by atoms with E-state index in [-0.39, 0.29) is 11.0 Å². The summed E-state index contributed by atoms with van der Waals surface area (Å²) in [5.41, 5.74) is 0. The van der Waals surface area contributed by atoms with Crippen molar-refractivity contribution < 1.29 is 27.8 Å². The zero-order valence-electron chi connectivity index (χ0n) is 9.93. The Morgan fingerprint density at radius 2 is 2.05 bits per heavy atom. The molecule has 0 bridgehead atoms. The molecule has 0 aromatic carbocycles. The molecule has 0 aromatic rings. The Labute approximate surface area is 110 Å². The quantitative estimate of drug-likeness (QED) is 0.770. The van der Waals surface area contributed by atoms with Crippen molar-refractivity contribution >= 4 is 17.0 Å². The summed E-state index contributed by atoms with van der Waals surface area (Å²) >= 11 is 0. The van der Waals surface area contributed by atoms with Gasteiger partial charge in [0.25, 0.3) is 0 Å². The third kappa shape index (κ3) is 3.82. The smallest absolute Gasteiger partial charge is 0.465 e. The summed E-state index contributed by atoms with van der Waals surface area (Å²) in [6, 6.07) is 0. The maximum Gasteiger partial charge on any atom is 0.573 e. The topological polar surface area (TPSA) is 49.8 Å². The second-order valence-electron chi connectivity index (χ2n) is 4.34. The number of hydrogen-bond donors (Lipinski definition) is 2. The van der Waals surface area contributed by atoms with Crippen LogP contribution in [0.3, 0.4) is 0 Å². The highest BCUT2D eigenvalue weighted by molar-refractivity contribution is 8.22. The Kier molecular flexibility index (Phi) is 3.98. The van der Waals surface area contributed by atoms with Gasteiger partial charge in [-0.15, -0.1) is 13.2 Å². The second kappa shape index (κ2) is 5.36. The molecule has 1 fully saturated rings. The van der Waals surface area contributed by atoms with Gasteiger partial charge in [0.15, 0.2) is 0 Å². The first kappa shape index (κ1) is 14.1. The molecule has 1 N–H and O–H groups in total. The van der Waals surface area contributed by atoms with Crippen LogP contribution in [0, 0.1) is 0 Å². The van der Waals surface area contributed by atoms with Gasteiger partial charge in [-0.2, -0.15) is 0 Å². The summed E-state index contributed by atoms with van der Waals surface area (Å²) < 4.78 is 40.0. The molecule has 2 rings (SSSR count). The lowest BCUT2D eigenvalue weighted by molar-refractivity contribution is -0.303. The second-order valence-corrected chi connectivity index (χ2v) is 6.52. The van der Waals surface area contributed by atoms with Crippen LogP contribution in [-0.2, 0) is 4.74 Å². The number of halogens is 3. The van der Waals surface area contributed by atoms with Gasteiger partial charge in [-0.3, -0.25) is 0 Å². The Balaban J connectivity index is 1.89. The molecule has 0 spiro atoms. The van der Waals surface area contributed by atoms with E-state index in [4.69, 9.17) is 5.11 Å². The molecule has 1 saturated heterocycles. The van der Waals surface area contributed by atoms with Crippen LogP contribution in [0.15, 0.2) is 22.7 Å². The standard InChI is InChI=1S/C11H14F3NO3S/c12-11(13,14)18-8-3-6-19(7-8)9-1-4-15(5-2-9)10(16)17/h3,6-7,9,19H,1-2,4-5H2,(H,16,17). The van der Waals surface area contributed by atoms with E-state index in [2.05, 4.69) is 4.74 Å². The number of rotatable bonds is 2. The summed E-state index contributed by atoms with van der Waals surface area (Å²) in [7, 11) is -0.781. The van der Waals surface area contributed by atoms with Crippen molar-refractivity contribution in [2.45, 2.75) is 24.5 Å². The van der Waals surface area contributed by atoms with E-state index in [9.17, 15) is 18.0 Å². The molecule has 0 aliphatic carbocycles. The van der Waals surface area contributed by atoms with Gasteiger partial charge in [0, 0.05) is 13.1 Å². The highest BCUT2D eigenvalue weighted by Crippen LogP contribution is 2.45. The van der Waals surface area contributed by atoms with Gasteiger partial charge in [0.1, 0.15) is 5.76 Å². The molecule has 4 nitrogen and oxygen atoms in total. The van der Waals surface area contributed by atoms with Gasteiger partial charge < -0.3 is 14.7 Å². The van der Waals surface area contributed by atoms with E-state index in [1.165, 1.54) is 16.4 Å². The normalized spacial score (nSPS) is 26.4. The number of piperidine rings is 1. The molecular weight excluding hydrogens is 283 g/mol. The van der Waals surface area contributed by atoms with Gasteiger partial charge in [-0.1, -0.05) is 0 Å². The Morgan fingerprint density at radius 3 is 2.58 bits per heavy atom. The number of hydrogen-bond acceptors (Lipinski definition) is 2. The lowest BCUT2D eigenvalue weighted by atomic mass is 10.1. The number of nitrogens with zero attached hydrogens (tertiary/aromatic N) is 1. The summed E-state index contributed by atoms with van der Waals surface area (Å²) in [5.74, 6) is -0.153. The molecule has 0 radical (unpaired) electrons. The summed E-state index contributed by atoms with van der Waals surface area (Å²) in [5, 5.41) is 12.3. The first-order valence-electron chi connectivity index (χ1n) is 5.76. The molecule has 2 heterocycles. The lowest BCUT2D eigenvalue weighted by Gasteiger charge is -2.33.